The summed E-state index contributed by atoms with van der Waals surface area (Å²) in [4.78, 5) is 32.9. The van der Waals surface area contributed by atoms with E-state index in [0.29, 0.717) is 13.1 Å². The molecule has 1 atom stereocenters. The molecule has 1 saturated carbocycles. The third-order valence-electron chi connectivity index (χ3n) is 7.28. The van der Waals surface area contributed by atoms with Gasteiger partial charge in [0.1, 0.15) is 0 Å². The third kappa shape index (κ3) is 5.59. The zero-order valence-electron chi connectivity index (χ0n) is 19.5. The van der Waals surface area contributed by atoms with Crippen molar-refractivity contribution in [2.45, 2.75) is 58.0 Å². The van der Waals surface area contributed by atoms with E-state index in [2.05, 4.69) is 34.2 Å². The summed E-state index contributed by atoms with van der Waals surface area (Å²) in [5, 5.41) is 3.07. The largest absolute Gasteiger partial charge is 0.356 e. The van der Waals surface area contributed by atoms with Crippen LogP contribution in [0.3, 0.4) is 0 Å². The summed E-state index contributed by atoms with van der Waals surface area (Å²) in [5.41, 5.74) is 3.14. The maximum absolute atomic E-state index is 13.3. The number of hydrogen-bond acceptors (Lipinski definition) is 4. The summed E-state index contributed by atoms with van der Waals surface area (Å²) in [6, 6.07) is 10.4. The smallest absolute Gasteiger partial charge is 0.251 e. The zero-order valence-corrected chi connectivity index (χ0v) is 19.5. The maximum Gasteiger partial charge on any atom is 0.251 e. The topological polar surface area (TPSA) is 55.9 Å². The Hall–Kier alpha value is -2.18. The highest BCUT2D eigenvalue weighted by Gasteiger charge is 2.40. The van der Waals surface area contributed by atoms with E-state index < -0.39 is 0 Å². The van der Waals surface area contributed by atoms with Gasteiger partial charge in [0.25, 0.3) is 5.91 Å². The number of fused-ring (bicyclic) bond motifs is 1. The van der Waals surface area contributed by atoms with Gasteiger partial charge in [0.15, 0.2) is 0 Å². The Morgan fingerprint density at radius 2 is 1.81 bits per heavy atom. The second-order valence-electron chi connectivity index (χ2n) is 9.34. The Kier molecular flexibility index (Phi) is 7.98. The van der Waals surface area contributed by atoms with E-state index in [1.54, 1.807) is 0 Å². The molecule has 0 radical (unpaired) electrons. The van der Waals surface area contributed by atoms with Gasteiger partial charge in [-0.1, -0.05) is 43.7 Å². The highest BCUT2D eigenvalue weighted by molar-refractivity contribution is 6.02. The van der Waals surface area contributed by atoms with Gasteiger partial charge in [0.05, 0.1) is 12.5 Å². The van der Waals surface area contributed by atoms with Crippen molar-refractivity contribution >= 4 is 11.8 Å². The molecule has 1 unspecified atom stereocenters. The minimum absolute atomic E-state index is 0.0115. The number of nitrogens with one attached hydrogen (secondary N) is 1. The molecule has 2 aliphatic heterocycles. The number of piperazine rings is 1. The lowest BCUT2D eigenvalue weighted by Crippen LogP contribution is -2.46. The summed E-state index contributed by atoms with van der Waals surface area (Å²) < 4.78 is 0. The molecular weight excluding hydrogens is 400 g/mol. The molecule has 0 bridgehead atoms. The molecule has 2 fully saturated rings. The Morgan fingerprint density at radius 1 is 1.06 bits per heavy atom. The van der Waals surface area contributed by atoms with Crippen LogP contribution in [0.25, 0.3) is 0 Å². The van der Waals surface area contributed by atoms with Crippen LogP contribution in [-0.2, 0) is 16.1 Å². The number of nitrogens with zero attached hydrogens (tertiary/aromatic N) is 3. The van der Waals surface area contributed by atoms with Gasteiger partial charge in [-0.05, 0) is 49.9 Å². The molecule has 6 nitrogen and oxygen atoms in total. The molecule has 1 aromatic carbocycles. The molecule has 0 aromatic heterocycles. The summed E-state index contributed by atoms with van der Waals surface area (Å²) >= 11 is 0. The molecule has 1 saturated heterocycles. The number of carbonyl (C=O) groups is 2. The summed E-state index contributed by atoms with van der Waals surface area (Å²) in [5.74, 6) is 0.0576. The van der Waals surface area contributed by atoms with Gasteiger partial charge < -0.3 is 20.0 Å². The lowest BCUT2D eigenvalue weighted by atomic mass is 9.88. The SMILES string of the molecule is CCN1CCN(CCCNC(=O)CC2=C3CCCCC3N(Cc3ccccc3)C2=O)CC1. The number of carbonyl (C=O) groups excluding carboxylic acids is 2. The molecule has 2 heterocycles. The molecular formula is C26H38N4O2. The lowest BCUT2D eigenvalue weighted by molar-refractivity contribution is -0.129. The molecule has 2 amide bonds. The summed E-state index contributed by atoms with van der Waals surface area (Å²) in [6.07, 6.45) is 5.43. The van der Waals surface area contributed by atoms with Crippen LogP contribution in [0.2, 0.25) is 0 Å². The van der Waals surface area contributed by atoms with Crippen LogP contribution in [0.4, 0.5) is 0 Å². The molecule has 6 heteroatoms. The fraction of sp³-hybridized carbons (Fsp3) is 0.615. The molecule has 0 spiro atoms. The maximum atomic E-state index is 13.3. The van der Waals surface area contributed by atoms with Crippen molar-refractivity contribution in [2.75, 3.05) is 45.8 Å². The Bertz CT molecular complexity index is 814. The molecule has 3 aliphatic rings. The van der Waals surface area contributed by atoms with Crippen LogP contribution in [0.1, 0.15) is 51.0 Å². The first-order valence-electron chi connectivity index (χ1n) is 12.4. The van der Waals surface area contributed by atoms with Gasteiger partial charge in [0, 0.05) is 44.8 Å². The van der Waals surface area contributed by atoms with Gasteiger partial charge in [-0.25, -0.2) is 0 Å². The minimum atomic E-state index is -0.0115. The molecule has 174 valence electrons. The number of likely N-dealkylation sites (N-methyl/N-ethyl adjacent to an activating group) is 1. The van der Waals surface area contributed by atoms with Gasteiger partial charge in [0.2, 0.25) is 5.91 Å². The van der Waals surface area contributed by atoms with Gasteiger partial charge in [-0.2, -0.15) is 0 Å². The van der Waals surface area contributed by atoms with E-state index in [-0.39, 0.29) is 24.3 Å². The Labute approximate surface area is 192 Å². The van der Waals surface area contributed by atoms with E-state index in [4.69, 9.17) is 0 Å². The molecule has 32 heavy (non-hydrogen) atoms. The fourth-order valence-electron chi connectivity index (χ4n) is 5.38. The third-order valence-corrected chi connectivity index (χ3v) is 7.28. The molecule has 1 aromatic rings. The quantitative estimate of drug-likeness (QED) is 0.603. The standard InChI is InChI=1S/C26H38N4O2/c1-2-28-15-17-29(18-16-28)14-8-13-27-25(31)19-23-22-11-6-7-12-24(22)30(26(23)32)20-21-9-4-3-5-10-21/h3-5,9-10,24H,2,6-8,11-20H2,1H3,(H,27,31). The van der Waals surface area contributed by atoms with Crippen LogP contribution in [-0.4, -0.2) is 78.4 Å². The summed E-state index contributed by atoms with van der Waals surface area (Å²) in [6.45, 7) is 10.2. The van der Waals surface area contributed by atoms with E-state index in [1.807, 2.05) is 23.1 Å². The fourth-order valence-corrected chi connectivity index (χ4v) is 5.38. The second-order valence-corrected chi connectivity index (χ2v) is 9.34. The predicted molar refractivity (Wildman–Crippen MR) is 127 cm³/mol. The van der Waals surface area contributed by atoms with Crippen molar-refractivity contribution in [3.05, 3.63) is 47.0 Å². The van der Waals surface area contributed by atoms with Crippen LogP contribution in [0, 0.1) is 0 Å². The summed E-state index contributed by atoms with van der Waals surface area (Å²) in [7, 11) is 0. The van der Waals surface area contributed by atoms with Crippen LogP contribution >= 0.6 is 0 Å². The average Bonchev–Trinajstić information content (AvgIpc) is 3.09. The Morgan fingerprint density at radius 3 is 2.56 bits per heavy atom. The van der Waals surface area contributed by atoms with Crippen molar-refractivity contribution in [3.8, 4) is 0 Å². The normalized spacial score (nSPS) is 22.3. The lowest BCUT2D eigenvalue weighted by Gasteiger charge is -2.33. The van der Waals surface area contributed by atoms with Crippen LogP contribution in [0.5, 0.6) is 0 Å². The zero-order chi connectivity index (χ0) is 22.3. The van der Waals surface area contributed by atoms with Crippen LogP contribution in [0.15, 0.2) is 41.5 Å². The van der Waals surface area contributed by atoms with Gasteiger partial charge in [-0.3, -0.25) is 9.59 Å². The van der Waals surface area contributed by atoms with Crippen molar-refractivity contribution in [2.24, 2.45) is 0 Å². The van der Waals surface area contributed by atoms with Crippen molar-refractivity contribution in [3.63, 3.8) is 0 Å². The Balaban J connectivity index is 1.26. The van der Waals surface area contributed by atoms with E-state index >= 15 is 0 Å². The van der Waals surface area contributed by atoms with Crippen molar-refractivity contribution in [1.82, 2.24) is 20.0 Å². The highest BCUT2D eigenvalue weighted by Crippen LogP contribution is 2.38. The van der Waals surface area contributed by atoms with E-state index in [9.17, 15) is 9.59 Å². The van der Waals surface area contributed by atoms with Crippen molar-refractivity contribution < 1.29 is 9.59 Å². The first-order chi connectivity index (χ1) is 15.7. The number of amides is 2. The van der Waals surface area contributed by atoms with Gasteiger partial charge in [-0.15, -0.1) is 0 Å². The van der Waals surface area contributed by atoms with Gasteiger partial charge >= 0.3 is 0 Å². The number of rotatable bonds is 9. The first kappa shape index (κ1) is 23.0. The molecule has 4 rings (SSSR count). The van der Waals surface area contributed by atoms with Crippen LogP contribution < -0.4 is 5.32 Å². The van der Waals surface area contributed by atoms with E-state index in [1.165, 1.54) is 5.57 Å². The highest BCUT2D eigenvalue weighted by atomic mass is 16.2. The second kappa shape index (κ2) is 11.1. The monoisotopic (exact) mass is 438 g/mol. The molecule has 1 N–H and O–H groups in total. The minimum Gasteiger partial charge on any atom is -0.356 e. The molecule has 1 aliphatic carbocycles. The van der Waals surface area contributed by atoms with E-state index in [0.717, 1.165) is 82.5 Å². The first-order valence-corrected chi connectivity index (χ1v) is 12.4. The van der Waals surface area contributed by atoms with Crippen molar-refractivity contribution in [1.29, 1.82) is 0 Å². The average molecular weight is 439 g/mol. The number of benzene rings is 1. The predicted octanol–water partition coefficient (Wildman–Crippen LogP) is 2.80. The number of hydrogen-bond donors (Lipinski definition) is 1.